The Hall–Kier alpha value is -6.98. The van der Waals surface area contributed by atoms with Crippen LogP contribution in [-0.4, -0.2) is 19.9 Å². The Balaban J connectivity index is 1.06. The van der Waals surface area contributed by atoms with Crippen LogP contribution in [0.25, 0.3) is 44.3 Å². The standard InChI is InChI=1S/C52H37NO4S/c54-58(55)34-41(31-35-14-11-20-40(30-35)46-24-12-19-38(36-15-3-1-4-16-36)33-47(53-46)37-17-5-2-6-18-37)45-32-39(28-29-49(45)56-50-26-9-10-27-51(50)58)42-22-13-23-44-43-21-7-8-25-48(43)57-52(42)44/h1-18,20-23,25-30,32-33,41H,19,31,34H2/b38-33+,53-47+. The largest absolute Gasteiger partial charge is 0.456 e. The molecule has 0 aliphatic carbocycles. The summed E-state index contributed by atoms with van der Waals surface area (Å²) in [6.45, 7) is 0. The minimum Gasteiger partial charge on any atom is -0.456 e. The first-order chi connectivity index (χ1) is 28.5. The van der Waals surface area contributed by atoms with Crippen LogP contribution >= 0.6 is 0 Å². The van der Waals surface area contributed by atoms with Gasteiger partial charge in [0.1, 0.15) is 33.3 Å². The zero-order valence-electron chi connectivity index (χ0n) is 31.5. The van der Waals surface area contributed by atoms with Gasteiger partial charge in [-0.3, -0.25) is 0 Å². The average molecular weight is 772 g/mol. The quantitative estimate of drug-likeness (QED) is 0.158. The molecule has 1 atom stereocenters. The lowest BCUT2D eigenvalue weighted by atomic mass is 9.89. The van der Waals surface area contributed by atoms with Crippen molar-refractivity contribution in [2.75, 3.05) is 5.75 Å². The van der Waals surface area contributed by atoms with Gasteiger partial charge in [-0.25, -0.2) is 13.4 Å². The molecule has 3 heterocycles. The molecule has 1 unspecified atom stereocenters. The van der Waals surface area contributed by atoms with Gasteiger partial charge in [0.2, 0.25) is 0 Å². The van der Waals surface area contributed by atoms with Crippen LogP contribution in [0.2, 0.25) is 0 Å². The van der Waals surface area contributed by atoms with Gasteiger partial charge in [-0.15, -0.1) is 0 Å². The normalized spacial score (nSPS) is 17.9. The number of rotatable bonds is 6. The Kier molecular flexibility index (Phi) is 9.06. The predicted molar refractivity (Wildman–Crippen MR) is 234 cm³/mol. The van der Waals surface area contributed by atoms with Gasteiger partial charge in [0, 0.05) is 33.4 Å². The minimum absolute atomic E-state index is 0.0884. The molecule has 280 valence electrons. The number of nitrogens with zero attached hydrogens (tertiary/aromatic N) is 1. The Morgan fingerprint density at radius 1 is 0.638 bits per heavy atom. The van der Waals surface area contributed by atoms with Crippen molar-refractivity contribution in [3.63, 3.8) is 0 Å². The lowest BCUT2D eigenvalue weighted by Crippen LogP contribution is -2.20. The Morgan fingerprint density at radius 3 is 2.22 bits per heavy atom. The Morgan fingerprint density at radius 2 is 1.36 bits per heavy atom. The smallest absolute Gasteiger partial charge is 0.182 e. The van der Waals surface area contributed by atoms with Crippen molar-refractivity contribution in [1.29, 1.82) is 0 Å². The highest BCUT2D eigenvalue weighted by molar-refractivity contribution is 7.91. The van der Waals surface area contributed by atoms with Crippen LogP contribution in [-0.2, 0) is 16.3 Å². The van der Waals surface area contributed by atoms with Crippen molar-refractivity contribution in [3.8, 4) is 22.6 Å². The molecule has 0 bridgehead atoms. The van der Waals surface area contributed by atoms with Crippen molar-refractivity contribution in [1.82, 2.24) is 0 Å². The molecule has 0 radical (unpaired) electrons. The molecule has 0 saturated carbocycles. The number of para-hydroxylation sites is 3. The van der Waals surface area contributed by atoms with Gasteiger partial charge in [0.25, 0.3) is 0 Å². The number of fused-ring (bicyclic) bond motifs is 5. The van der Waals surface area contributed by atoms with E-state index in [0.29, 0.717) is 30.0 Å². The fraction of sp³-hybridized carbons (Fsp3) is 0.0769. The maximum absolute atomic E-state index is 14.2. The van der Waals surface area contributed by atoms with Crippen LogP contribution in [0.1, 0.15) is 40.2 Å². The van der Waals surface area contributed by atoms with Crippen molar-refractivity contribution >= 4 is 48.8 Å². The van der Waals surface area contributed by atoms with Gasteiger partial charge in [-0.05, 0) is 89.2 Å². The Labute approximate surface area is 337 Å². The zero-order chi connectivity index (χ0) is 39.1. The van der Waals surface area contributed by atoms with E-state index in [2.05, 4.69) is 84.6 Å². The average Bonchev–Trinajstić information content (AvgIpc) is 3.63. The van der Waals surface area contributed by atoms with Crippen LogP contribution < -0.4 is 4.74 Å². The third-order valence-electron chi connectivity index (χ3n) is 11.0. The molecule has 0 spiro atoms. The van der Waals surface area contributed by atoms with Gasteiger partial charge in [-0.1, -0.05) is 139 Å². The molecular weight excluding hydrogens is 735 g/mol. The van der Waals surface area contributed by atoms with Gasteiger partial charge >= 0.3 is 0 Å². The molecular formula is C52H37NO4S. The maximum atomic E-state index is 14.2. The number of hydrogen-bond acceptors (Lipinski definition) is 5. The van der Waals surface area contributed by atoms with E-state index in [4.69, 9.17) is 14.1 Å². The fourth-order valence-corrected chi connectivity index (χ4v) is 9.89. The summed E-state index contributed by atoms with van der Waals surface area (Å²) in [5, 5.41) is 2.08. The molecule has 0 amide bonds. The van der Waals surface area contributed by atoms with E-state index >= 15 is 0 Å². The van der Waals surface area contributed by atoms with Crippen LogP contribution in [0.15, 0.2) is 202 Å². The van der Waals surface area contributed by atoms with Crippen LogP contribution in [0.5, 0.6) is 11.5 Å². The third kappa shape index (κ3) is 6.79. The first-order valence-electron chi connectivity index (χ1n) is 19.5. The lowest BCUT2D eigenvalue weighted by Gasteiger charge is -2.26. The molecule has 7 aromatic carbocycles. The predicted octanol–water partition coefficient (Wildman–Crippen LogP) is 12.6. The zero-order valence-corrected chi connectivity index (χ0v) is 32.3. The maximum Gasteiger partial charge on any atom is 0.182 e. The summed E-state index contributed by atoms with van der Waals surface area (Å²) in [6.07, 6.45) is 5.36. The summed E-state index contributed by atoms with van der Waals surface area (Å²) >= 11 is 0. The number of aliphatic imine (C=N–C) groups is 1. The number of hydrogen-bond donors (Lipinski definition) is 0. The van der Waals surface area contributed by atoms with E-state index < -0.39 is 15.8 Å². The first kappa shape index (κ1) is 35.4. The highest BCUT2D eigenvalue weighted by Gasteiger charge is 2.31. The lowest BCUT2D eigenvalue weighted by molar-refractivity contribution is 0.452. The van der Waals surface area contributed by atoms with Crippen molar-refractivity contribution in [2.45, 2.75) is 23.7 Å². The highest BCUT2D eigenvalue weighted by Crippen LogP contribution is 2.44. The van der Waals surface area contributed by atoms with Gasteiger partial charge in [0.05, 0.1) is 11.5 Å². The molecule has 8 aromatic rings. The summed E-state index contributed by atoms with van der Waals surface area (Å²) in [4.78, 5) is 5.43. The van der Waals surface area contributed by atoms with E-state index in [1.807, 2.05) is 78.9 Å². The van der Waals surface area contributed by atoms with Crippen molar-refractivity contribution < 1.29 is 17.6 Å². The topological polar surface area (TPSA) is 68.9 Å². The summed E-state index contributed by atoms with van der Waals surface area (Å²) in [5.41, 5.74) is 14.6. The molecule has 58 heavy (non-hydrogen) atoms. The van der Waals surface area contributed by atoms with Gasteiger partial charge in [0.15, 0.2) is 9.84 Å². The van der Waals surface area contributed by atoms with Crippen molar-refractivity contribution in [3.05, 3.63) is 216 Å². The number of ether oxygens (including phenoxy) is 1. The van der Waals surface area contributed by atoms with Gasteiger partial charge in [-0.2, -0.15) is 0 Å². The number of sulfone groups is 1. The molecule has 0 N–H and O–H groups in total. The molecule has 6 heteroatoms. The van der Waals surface area contributed by atoms with E-state index in [1.165, 1.54) is 0 Å². The molecule has 10 rings (SSSR count). The van der Waals surface area contributed by atoms with Crippen LogP contribution in [0.3, 0.4) is 0 Å². The van der Waals surface area contributed by atoms with E-state index in [0.717, 1.165) is 72.2 Å². The second-order valence-electron chi connectivity index (χ2n) is 14.8. The molecule has 5 nitrogen and oxygen atoms in total. The SMILES string of the molecule is O=S1(=O)CC(Cc2cccc(C3=C=CC/C(c4ccccc4)=C\C(c4ccccc4)=N/3)c2)c2cc(-c3cccc4c3oc3ccccc34)ccc2Oc2ccccc21. The summed E-state index contributed by atoms with van der Waals surface area (Å²) < 4.78 is 41.4. The second-order valence-corrected chi connectivity index (χ2v) is 16.8. The number of benzene rings is 7. The first-order valence-corrected chi connectivity index (χ1v) is 21.1. The van der Waals surface area contributed by atoms with E-state index in [9.17, 15) is 8.42 Å². The second kappa shape index (κ2) is 14.8. The number of furan rings is 1. The third-order valence-corrected chi connectivity index (χ3v) is 12.8. The van der Waals surface area contributed by atoms with Crippen LogP contribution in [0, 0.1) is 0 Å². The van der Waals surface area contributed by atoms with Crippen molar-refractivity contribution in [2.24, 2.45) is 4.99 Å². The monoisotopic (exact) mass is 771 g/mol. The van der Waals surface area contributed by atoms with E-state index in [-0.39, 0.29) is 10.6 Å². The van der Waals surface area contributed by atoms with Gasteiger partial charge < -0.3 is 9.15 Å². The summed E-state index contributed by atoms with van der Waals surface area (Å²) in [5.74, 6) is 0.443. The van der Waals surface area contributed by atoms with E-state index in [1.54, 1.807) is 24.3 Å². The summed E-state index contributed by atoms with van der Waals surface area (Å²) in [6, 6.07) is 56.0. The molecule has 2 aliphatic rings. The molecule has 2 aliphatic heterocycles. The molecule has 1 aromatic heterocycles. The highest BCUT2D eigenvalue weighted by atomic mass is 32.2. The van der Waals surface area contributed by atoms with Crippen LogP contribution in [0.4, 0.5) is 0 Å². The number of allylic oxidation sites excluding steroid dienone is 3. The Bertz CT molecular complexity index is 3120. The molecule has 0 fully saturated rings. The minimum atomic E-state index is -3.74. The summed E-state index contributed by atoms with van der Waals surface area (Å²) in [7, 11) is -3.74. The molecule has 0 saturated heterocycles. The fourth-order valence-electron chi connectivity index (χ4n) is 8.18.